The van der Waals surface area contributed by atoms with Crippen molar-refractivity contribution in [2.24, 2.45) is 5.41 Å². The van der Waals surface area contributed by atoms with Crippen LogP contribution in [0.1, 0.15) is 25.5 Å². The molecule has 0 saturated carbocycles. The van der Waals surface area contributed by atoms with Crippen LogP contribution >= 0.6 is 0 Å². The van der Waals surface area contributed by atoms with E-state index in [1.54, 1.807) is 26.0 Å². The summed E-state index contributed by atoms with van der Waals surface area (Å²) in [5.74, 6) is -1.05. The van der Waals surface area contributed by atoms with Crippen LogP contribution in [-0.4, -0.2) is 23.6 Å². The summed E-state index contributed by atoms with van der Waals surface area (Å²) < 4.78 is 55.3. The fourth-order valence-corrected chi connectivity index (χ4v) is 3.02. The third kappa shape index (κ3) is 2.73. The third-order valence-electron chi connectivity index (χ3n) is 4.25. The number of hydrogen-bond donors (Lipinski definition) is 1. The summed E-state index contributed by atoms with van der Waals surface area (Å²) in [4.78, 5) is 11.9. The molecule has 1 fully saturated rings. The Morgan fingerprint density at radius 3 is 2.29 bits per heavy atom. The van der Waals surface area contributed by atoms with Crippen molar-refractivity contribution in [3.63, 3.8) is 0 Å². The minimum atomic E-state index is -4.63. The molecule has 1 aliphatic rings. The molecule has 1 atom stereocenters. The summed E-state index contributed by atoms with van der Waals surface area (Å²) >= 11 is 0. The summed E-state index contributed by atoms with van der Waals surface area (Å²) in [6.07, 6.45) is -4.63. The van der Waals surface area contributed by atoms with Crippen LogP contribution in [0.3, 0.4) is 0 Å². The number of nitrogens with one attached hydrogen (secondary N) is 1. The standard InChI is InChI=1S/C17H16F4N2O/c1-16(2)9-23(22-15(16)24)14(17(19,20)21)12-7-8-13(18)11-6-4-3-5-10(11)12/h3-8,14H,9H2,1-2H3,(H,22,24)/t14-/m0/s1. The van der Waals surface area contributed by atoms with Gasteiger partial charge in [0.05, 0.1) is 5.41 Å². The third-order valence-corrected chi connectivity index (χ3v) is 4.25. The monoisotopic (exact) mass is 340 g/mol. The number of amides is 1. The Morgan fingerprint density at radius 2 is 1.75 bits per heavy atom. The number of alkyl halides is 3. The lowest BCUT2D eigenvalue weighted by molar-refractivity contribution is -0.191. The van der Waals surface area contributed by atoms with E-state index in [1.807, 2.05) is 0 Å². The van der Waals surface area contributed by atoms with Gasteiger partial charge in [0.25, 0.3) is 0 Å². The van der Waals surface area contributed by atoms with Gasteiger partial charge < -0.3 is 0 Å². The van der Waals surface area contributed by atoms with Gasteiger partial charge in [-0.3, -0.25) is 10.2 Å². The molecule has 1 aliphatic heterocycles. The first-order valence-electron chi connectivity index (χ1n) is 7.43. The van der Waals surface area contributed by atoms with Crippen molar-refractivity contribution in [2.75, 3.05) is 6.54 Å². The van der Waals surface area contributed by atoms with Gasteiger partial charge in [-0.1, -0.05) is 30.3 Å². The summed E-state index contributed by atoms with van der Waals surface area (Å²) in [5, 5.41) is 1.19. The first kappa shape index (κ1) is 16.7. The Morgan fingerprint density at radius 1 is 1.12 bits per heavy atom. The summed E-state index contributed by atoms with van der Waals surface area (Å²) in [6, 6.07) is 6.13. The Bertz CT molecular complexity index is 801. The molecule has 0 aromatic heterocycles. The summed E-state index contributed by atoms with van der Waals surface area (Å²) in [6.45, 7) is 3.07. The highest BCUT2D eigenvalue weighted by Gasteiger charge is 2.51. The number of benzene rings is 2. The molecule has 1 saturated heterocycles. The Kier molecular flexibility index (Phi) is 3.79. The zero-order valence-electron chi connectivity index (χ0n) is 13.1. The van der Waals surface area contributed by atoms with Crippen molar-refractivity contribution < 1.29 is 22.4 Å². The van der Waals surface area contributed by atoms with E-state index in [2.05, 4.69) is 5.43 Å². The van der Waals surface area contributed by atoms with Crippen LogP contribution in [0.4, 0.5) is 17.6 Å². The topological polar surface area (TPSA) is 32.3 Å². The van der Waals surface area contributed by atoms with Gasteiger partial charge in [0.2, 0.25) is 5.91 Å². The average molecular weight is 340 g/mol. The number of fused-ring (bicyclic) bond motifs is 1. The Hall–Kier alpha value is -2.15. The molecule has 128 valence electrons. The van der Waals surface area contributed by atoms with Gasteiger partial charge in [0, 0.05) is 11.9 Å². The second-order valence-corrected chi connectivity index (χ2v) is 6.58. The van der Waals surface area contributed by atoms with Gasteiger partial charge in [-0.15, -0.1) is 0 Å². The Labute approximate surface area is 136 Å². The highest BCUT2D eigenvalue weighted by Crippen LogP contribution is 2.42. The molecule has 2 aromatic carbocycles. The van der Waals surface area contributed by atoms with Crippen molar-refractivity contribution >= 4 is 16.7 Å². The average Bonchev–Trinajstić information content (AvgIpc) is 2.74. The van der Waals surface area contributed by atoms with E-state index in [0.29, 0.717) is 0 Å². The molecule has 3 nitrogen and oxygen atoms in total. The van der Waals surface area contributed by atoms with E-state index in [1.165, 1.54) is 12.1 Å². The van der Waals surface area contributed by atoms with E-state index < -0.39 is 29.4 Å². The fourth-order valence-electron chi connectivity index (χ4n) is 3.02. The molecule has 2 aromatic rings. The lowest BCUT2D eigenvalue weighted by Gasteiger charge is -2.30. The zero-order chi connectivity index (χ0) is 17.7. The quantitative estimate of drug-likeness (QED) is 0.840. The lowest BCUT2D eigenvalue weighted by atomic mass is 9.93. The van der Waals surface area contributed by atoms with Gasteiger partial charge >= 0.3 is 6.18 Å². The first-order valence-corrected chi connectivity index (χ1v) is 7.43. The summed E-state index contributed by atoms with van der Waals surface area (Å²) in [7, 11) is 0. The molecule has 1 heterocycles. The molecular formula is C17H16F4N2O. The predicted molar refractivity (Wildman–Crippen MR) is 81.3 cm³/mol. The molecule has 7 heteroatoms. The zero-order valence-corrected chi connectivity index (χ0v) is 13.1. The van der Waals surface area contributed by atoms with Crippen LogP contribution in [0.25, 0.3) is 10.8 Å². The molecule has 24 heavy (non-hydrogen) atoms. The molecule has 1 N–H and O–H groups in total. The van der Waals surface area contributed by atoms with Crippen molar-refractivity contribution in [3.8, 4) is 0 Å². The van der Waals surface area contributed by atoms with Crippen LogP contribution in [0.2, 0.25) is 0 Å². The van der Waals surface area contributed by atoms with E-state index in [-0.39, 0.29) is 22.9 Å². The normalized spacial score (nSPS) is 19.5. The SMILES string of the molecule is CC1(C)CN([C@@H](c2ccc(F)c3ccccc23)C(F)(F)F)NC1=O. The maximum atomic E-state index is 13.9. The first-order chi connectivity index (χ1) is 11.1. The van der Waals surface area contributed by atoms with E-state index >= 15 is 0 Å². The maximum absolute atomic E-state index is 13.9. The number of nitrogens with zero attached hydrogens (tertiary/aromatic N) is 1. The molecule has 0 radical (unpaired) electrons. The minimum Gasteiger partial charge on any atom is -0.287 e. The number of carbonyl (C=O) groups is 1. The number of halogens is 4. The van der Waals surface area contributed by atoms with Gasteiger partial charge in [-0.25, -0.2) is 9.40 Å². The number of hydrazine groups is 1. The van der Waals surface area contributed by atoms with Crippen LogP contribution in [-0.2, 0) is 4.79 Å². The van der Waals surface area contributed by atoms with Crippen molar-refractivity contribution in [1.82, 2.24) is 10.4 Å². The summed E-state index contributed by atoms with van der Waals surface area (Å²) in [5.41, 5.74) is 1.29. The van der Waals surface area contributed by atoms with Crippen LogP contribution in [0.15, 0.2) is 36.4 Å². The maximum Gasteiger partial charge on any atom is 0.409 e. The van der Waals surface area contributed by atoms with Crippen molar-refractivity contribution in [3.05, 3.63) is 47.8 Å². The predicted octanol–water partition coefficient (Wildman–Crippen LogP) is 3.96. The number of rotatable bonds is 2. The molecule has 0 unspecified atom stereocenters. The molecule has 3 rings (SSSR count). The van der Waals surface area contributed by atoms with Gasteiger partial charge in [-0.2, -0.15) is 13.2 Å². The number of hydrogen-bond acceptors (Lipinski definition) is 2. The molecular weight excluding hydrogens is 324 g/mol. The molecule has 0 bridgehead atoms. The van der Waals surface area contributed by atoms with Crippen molar-refractivity contribution in [2.45, 2.75) is 26.1 Å². The molecule has 1 amide bonds. The largest absolute Gasteiger partial charge is 0.409 e. The minimum absolute atomic E-state index is 0.0856. The van der Waals surface area contributed by atoms with Gasteiger partial charge in [0.15, 0.2) is 6.04 Å². The fraction of sp³-hybridized carbons (Fsp3) is 0.353. The smallest absolute Gasteiger partial charge is 0.287 e. The van der Waals surface area contributed by atoms with Crippen LogP contribution < -0.4 is 5.43 Å². The highest BCUT2D eigenvalue weighted by molar-refractivity contribution is 5.87. The van der Waals surface area contributed by atoms with Gasteiger partial charge in [0.1, 0.15) is 5.82 Å². The second kappa shape index (κ2) is 5.44. The number of carbonyl (C=O) groups excluding carboxylic acids is 1. The van der Waals surface area contributed by atoms with Crippen LogP contribution in [0.5, 0.6) is 0 Å². The molecule has 0 spiro atoms. The van der Waals surface area contributed by atoms with Crippen molar-refractivity contribution in [1.29, 1.82) is 0 Å². The lowest BCUT2D eigenvalue weighted by Crippen LogP contribution is -2.43. The second-order valence-electron chi connectivity index (χ2n) is 6.58. The highest BCUT2D eigenvalue weighted by atomic mass is 19.4. The Balaban J connectivity index is 2.16. The van der Waals surface area contributed by atoms with E-state index in [4.69, 9.17) is 0 Å². The van der Waals surface area contributed by atoms with Crippen LogP contribution in [0, 0.1) is 11.2 Å². The van der Waals surface area contributed by atoms with Gasteiger partial charge in [-0.05, 0) is 30.9 Å². The van der Waals surface area contributed by atoms with E-state index in [9.17, 15) is 22.4 Å². The molecule has 0 aliphatic carbocycles. The van der Waals surface area contributed by atoms with E-state index in [0.717, 1.165) is 17.1 Å².